The third-order valence-corrected chi connectivity index (χ3v) is 3.44. The van der Waals surface area contributed by atoms with E-state index in [1.54, 1.807) is 20.8 Å². The molecule has 2 heterocycles. The molecule has 2 aliphatic rings. The summed E-state index contributed by atoms with van der Waals surface area (Å²) in [6.45, 7) is 10.8. The molecule has 2 rings (SSSR count). The molecule has 0 aromatic heterocycles. The van der Waals surface area contributed by atoms with Gasteiger partial charge in [-0.2, -0.15) is 0 Å². The second kappa shape index (κ2) is 6.18. The van der Waals surface area contributed by atoms with Crippen LogP contribution in [0.1, 0.15) is 27.7 Å². The van der Waals surface area contributed by atoms with Crippen molar-refractivity contribution >= 4 is 5.91 Å². The van der Waals surface area contributed by atoms with Gasteiger partial charge in [-0.15, -0.1) is 0 Å². The van der Waals surface area contributed by atoms with Gasteiger partial charge in [-0.05, 0) is 27.7 Å². The lowest BCUT2D eigenvalue weighted by molar-refractivity contribution is -0.369. The van der Waals surface area contributed by atoms with E-state index >= 15 is 0 Å². The van der Waals surface area contributed by atoms with E-state index in [4.69, 9.17) is 18.9 Å². The second-order valence-corrected chi connectivity index (χ2v) is 6.00. The molecule has 0 saturated carbocycles. The largest absolute Gasteiger partial charge is 0.370 e. The third-order valence-electron chi connectivity index (χ3n) is 3.44. The van der Waals surface area contributed by atoms with Crippen molar-refractivity contribution in [3.63, 3.8) is 0 Å². The van der Waals surface area contributed by atoms with Crippen LogP contribution in [0.5, 0.6) is 0 Å². The summed E-state index contributed by atoms with van der Waals surface area (Å²) in [5.74, 6) is -1.06. The van der Waals surface area contributed by atoms with Crippen LogP contribution in [-0.2, 0) is 23.7 Å². The maximum atomic E-state index is 11.4. The van der Waals surface area contributed by atoms with E-state index in [0.717, 1.165) is 0 Å². The Morgan fingerprint density at radius 3 is 2.76 bits per heavy atom. The van der Waals surface area contributed by atoms with Gasteiger partial charge in [0.1, 0.15) is 24.4 Å². The molecule has 0 bridgehead atoms. The molecule has 0 aromatic carbocycles. The van der Waals surface area contributed by atoms with Gasteiger partial charge in [0.2, 0.25) is 5.91 Å². The first-order valence-electron chi connectivity index (χ1n) is 7.10. The number of aliphatic hydroxyl groups excluding tert-OH is 1. The number of hydrogen-bond acceptors (Lipinski definition) is 6. The lowest BCUT2D eigenvalue weighted by Crippen LogP contribution is -2.68. The highest BCUT2D eigenvalue weighted by atomic mass is 16.7. The Morgan fingerprint density at radius 1 is 1.52 bits per heavy atom. The predicted molar refractivity (Wildman–Crippen MR) is 73.1 cm³/mol. The van der Waals surface area contributed by atoms with Gasteiger partial charge in [-0.3, -0.25) is 4.79 Å². The molecular weight excluding hydrogens is 278 g/mol. The topological polar surface area (TPSA) is 86.3 Å². The number of ether oxygens (including phenoxy) is 4. The van der Waals surface area contributed by atoms with Crippen LogP contribution in [0, 0.1) is 6.92 Å². The Morgan fingerprint density at radius 2 is 2.19 bits per heavy atom. The van der Waals surface area contributed by atoms with Gasteiger partial charge < -0.3 is 29.4 Å². The van der Waals surface area contributed by atoms with Gasteiger partial charge in [0.15, 0.2) is 12.1 Å². The molecule has 121 valence electrons. The molecule has 7 heteroatoms. The summed E-state index contributed by atoms with van der Waals surface area (Å²) in [7, 11) is 0. The van der Waals surface area contributed by atoms with Crippen molar-refractivity contribution in [3.8, 4) is 0 Å². The van der Waals surface area contributed by atoms with E-state index < -0.39 is 36.4 Å². The average molecular weight is 302 g/mol. The Kier molecular flexibility index (Phi) is 4.89. The molecule has 1 radical (unpaired) electrons. The Bertz CT molecular complexity index is 386. The predicted octanol–water partition coefficient (Wildman–Crippen LogP) is -0.0324. The highest BCUT2D eigenvalue weighted by molar-refractivity contribution is 5.73. The molecule has 0 spiro atoms. The van der Waals surface area contributed by atoms with Crippen LogP contribution in [0.2, 0.25) is 0 Å². The highest BCUT2D eigenvalue weighted by Crippen LogP contribution is 2.33. The van der Waals surface area contributed by atoms with E-state index in [0.29, 0.717) is 0 Å². The number of aliphatic hydroxyl groups is 1. The molecule has 2 N–H and O–H groups in total. The summed E-state index contributed by atoms with van der Waals surface area (Å²) >= 11 is 0. The quantitative estimate of drug-likeness (QED) is 0.761. The Balaban J connectivity index is 2.23. The lowest BCUT2D eigenvalue weighted by atomic mass is 9.95. The molecule has 2 aliphatic heterocycles. The molecule has 6 atom stereocenters. The summed E-state index contributed by atoms with van der Waals surface area (Å²) in [5.41, 5.74) is 0. The van der Waals surface area contributed by atoms with Crippen molar-refractivity contribution in [3.05, 3.63) is 6.92 Å². The molecule has 0 aliphatic carbocycles. The fourth-order valence-electron chi connectivity index (χ4n) is 2.66. The summed E-state index contributed by atoms with van der Waals surface area (Å²) in [6.07, 6.45) is -3.00. The maximum absolute atomic E-state index is 11.4. The maximum Gasteiger partial charge on any atom is 0.217 e. The zero-order valence-electron chi connectivity index (χ0n) is 12.9. The minimum atomic E-state index is -1.19. The molecule has 1 amide bonds. The number of fused-ring (bicyclic) bond motifs is 1. The molecule has 1 unspecified atom stereocenters. The van der Waals surface area contributed by atoms with Gasteiger partial charge in [0, 0.05) is 6.92 Å². The average Bonchev–Trinajstić information content (AvgIpc) is 2.33. The van der Waals surface area contributed by atoms with Gasteiger partial charge in [0.25, 0.3) is 0 Å². The van der Waals surface area contributed by atoms with Crippen LogP contribution in [0.25, 0.3) is 0 Å². The highest BCUT2D eigenvalue weighted by Gasteiger charge is 2.52. The number of carbonyl (C=O) groups is 1. The summed E-state index contributed by atoms with van der Waals surface area (Å²) in [4.78, 5) is 11.4. The summed E-state index contributed by atoms with van der Waals surface area (Å²) < 4.78 is 22.7. The number of amides is 1. The molecule has 2 saturated heterocycles. The van der Waals surface area contributed by atoms with E-state index in [2.05, 4.69) is 12.2 Å². The van der Waals surface area contributed by atoms with Crippen molar-refractivity contribution in [1.29, 1.82) is 0 Å². The monoisotopic (exact) mass is 302 g/mol. The van der Waals surface area contributed by atoms with Crippen LogP contribution in [0.3, 0.4) is 0 Å². The first kappa shape index (κ1) is 16.6. The van der Waals surface area contributed by atoms with Crippen LogP contribution < -0.4 is 5.32 Å². The van der Waals surface area contributed by atoms with Gasteiger partial charge in [0.05, 0.1) is 12.7 Å². The van der Waals surface area contributed by atoms with Crippen LogP contribution >= 0.6 is 0 Å². The number of carbonyl (C=O) groups excluding carboxylic acids is 1. The van der Waals surface area contributed by atoms with E-state index in [1.807, 2.05) is 0 Å². The van der Waals surface area contributed by atoms with Gasteiger partial charge in [-0.25, -0.2) is 0 Å². The van der Waals surface area contributed by atoms with Crippen molar-refractivity contribution in [1.82, 2.24) is 5.32 Å². The van der Waals surface area contributed by atoms with Crippen LogP contribution in [0.4, 0.5) is 0 Å². The summed E-state index contributed by atoms with van der Waals surface area (Å²) in [5, 5.41) is 12.8. The Labute approximate surface area is 124 Å². The molecule has 2 fully saturated rings. The van der Waals surface area contributed by atoms with Gasteiger partial charge in [-0.1, -0.05) is 0 Å². The van der Waals surface area contributed by atoms with Gasteiger partial charge >= 0.3 is 0 Å². The Hall–Kier alpha value is -0.730. The van der Waals surface area contributed by atoms with Crippen LogP contribution in [0.15, 0.2) is 0 Å². The molecule has 0 aromatic rings. The fraction of sp³-hybridized carbons (Fsp3) is 0.857. The first-order valence-corrected chi connectivity index (χ1v) is 7.10. The van der Waals surface area contributed by atoms with E-state index in [1.165, 1.54) is 6.92 Å². The zero-order chi connectivity index (χ0) is 15.8. The third kappa shape index (κ3) is 3.92. The number of rotatable bonds is 3. The second-order valence-electron chi connectivity index (χ2n) is 6.00. The van der Waals surface area contributed by atoms with Crippen LogP contribution in [-0.4, -0.2) is 60.2 Å². The smallest absolute Gasteiger partial charge is 0.217 e. The lowest BCUT2D eigenvalue weighted by Gasteiger charge is -2.50. The zero-order valence-corrected chi connectivity index (χ0v) is 12.9. The summed E-state index contributed by atoms with van der Waals surface area (Å²) in [6, 6.07) is -0.721. The SMILES string of the molecule is [CH2]C(C)O[C@@H]1[C@@H](NC(C)=O)[C@@H](O)O[C@@H]2COC(C)(C)O[C@@H]12. The van der Waals surface area contributed by atoms with Crippen molar-refractivity contribution < 1.29 is 28.8 Å². The van der Waals surface area contributed by atoms with E-state index in [9.17, 15) is 9.90 Å². The first-order chi connectivity index (χ1) is 9.69. The van der Waals surface area contributed by atoms with E-state index in [-0.39, 0.29) is 18.6 Å². The molecule has 7 nitrogen and oxygen atoms in total. The van der Waals surface area contributed by atoms with Crippen molar-refractivity contribution in [2.24, 2.45) is 0 Å². The fourth-order valence-corrected chi connectivity index (χ4v) is 2.66. The van der Waals surface area contributed by atoms with Crippen molar-refractivity contribution in [2.75, 3.05) is 6.61 Å². The number of nitrogens with one attached hydrogen (secondary N) is 1. The molecular formula is C14H24NO6. The van der Waals surface area contributed by atoms with Crippen molar-refractivity contribution in [2.45, 2.75) is 70.2 Å². The minimum absolute atomic E-state index is 0.280. The standard InChI is InChI=1S/C14H24NO6/c1-7(2)19-12-10(15-8(3)16)13(17)20-9-6-18-14(4,5)21-11(9)12/h7,9-13,17H,1,6H2,2-5H3,(H,15,16)/t7?,9-,10-,11-,12-,13+/m1/s1. The molecule has 21 heavy (non-hydrogen) atoms. The normalized spacial score (nSPS) is 38.9. The number of hydrogen-bond donors (Lipinski definition) is 2. The minimum Gasteiger partial charge on any atom is -0.370 e.